The number of thiophene rings is 1. The van der Waals surface area contributed by atoms with Crippen LogP contribution in [-0.2, 0) is 14.8 Å². The molecule has 2 saturated heterocycles. The summed E-state index contributed by atoms with van der Waals surface area (Å²) in [4.78, 5) is 14.8. The van der Waals surface area contributed by atoms with E-state index < -0.39 is 10.0 Å². The van der Waals surface area contributed by atoms with E-state index in [0.717, 1.165) is 50.1 Å². The van der Waals surface area contributed by atoms with Gasteiger partial charge < -0.3 is 4.90 Å². The SMILES string of the molecule is CC1CCN(C(=O)[C@@H](C)C2CCN(S(=O)(=O)c3ccc(Cl)s3)CC2)CC1. The van der Waals surface area contributed by atoms with Crippen molar-refractivity contribution in [1.29, 1.82) is 0 Å². The molecule has 8 heteroatoms. The number of hydrogen-bond donors (Lipinski definition) is 0. The Morgan fingerprint density at radius 2 is 1.77 bits per heavy atom. The van der Waals surface area contributed by atoms with Crippen molar-refractivity contribution in [2.75, 3.05) is 26.2 Å². The minimum Gasteiger partial charge on any atom is -0.342 e. The quantitative estimate of drug-likeness (QED) is 0.749. The second-order valence-corrected chi connectivity index (χ2v) is 11.5. The van der Waals surface area contributed by atoms with Crippen molar-refractivity contribution in [3.63, 3.8) is 0 Å². The summed E-state index contributed by atoms with van der Waals surface area (Å²) in [5.41, 5.74) is 0. The monoisotopic (exact) mass is 418 g/mol. The van der Waals surface area contributed by atoms with Crippen molar-refractivity contribution in [3.8, 4) is 0 Å². The lowest BCUT2D eigenvalue weighted by molar-refractivity contribution is -0.138. The normalized spacial score (nSPS) is 22.5. The molecule has 0 aromatic carbocycles. The summed E-state index contributed by atoms with van der Waals surface area (Å²) in [5, 5.41) is 0. The van der Waals surface area contributed by atoms with E-state index in [4.69, 9.17) is 11.6 Å². The Labute approximate surface area is 165 Å². The zero-order valence-electron chi connectivity index (χ0n) is 15.4. The summed E-state index contributed by atoms with van der Waals surface area (Å²) in [5.74, 6) is 1.15. The Morgan fingerprint density at radius 3 is 2.31 bits per heavy atom. The zero-order valence-corrected chi connectivity index (χ0v) is 17.7. The van der Waals surface area contributed by atoms with Crippen LogP contribution < -0.4 is 0 Å². The Kier molecular flexibility index (Phi) is 6.32. The van der Waals surface area contributed by atoms with E-state index in [1.54, 1.807) is 12.1 Å². The molecule has 3 rings (SSSR count). The maximum absolute atomic E-state index is 12.8. The Balaban J connectivity index is 1.57. The first-order chi connectivity index (χ1) is 12.3. The molecule has 3 heterocycles. The number of carbonyl (C=O) groups excluding carboxylic acids is 1. The largest absolute Gasteiger partial charge is 0.342 e. The van der Waals surface area contributed by atoms with Crippen LogP contribution in [0.1, 0.15) is 39.5 Å². The first-order valence-electron chi connectivity index (χ1n) is 9.33. The summed E-state index contributed by atoms with van der Waals surface area (Å²) in [6, 6.07) is 3.18. The molecule has 0 aliphatic carbocycles. The molecule has 2 aliphatic heterocycles. The molecule has 0 radical (unpaired) electrons. The second kappa shape index (κ2) is 8.17. The lowest BCUT2D eigenvalue weighted by Gasteiger charge is -2.37. The van der Waals surface area contributed by atoms with Crippen LogP contribution in [0.25, 0.3) is 0 Å². The van der Waals surface area contributed by atoms with Crippen molar-refractivity contribution in [2.24, 2.45) is 17.8 Å². The molecule has 146 valence electrons. The van der Waals surface area contributed by atoms with Crippen molar-refractivity contribution >= 4 is 38.9 Å². The fourth-order valence-electron chi connectivity index (χ4n) is 3.90. The molecule has 0 saturated carbocycles. The highest BCUT2D eigenvalue weighted by Crippen LogP contribution is 2.33. The first kappa shape index (κ1) is 20.1. The Bertz CT molecular complexity index is 733. The molecule has 0 spiro atoms. The number of sulfonamides is 1. The molecule has 2 fully saturated rings. The van der Waals surface area contributed by atoms with Crippen LogP contribution >= 0.6 is 22.9 Å². The maximum atomic E-state index is 12.8. The van der Waals surface area contributed by atoms with Gasteiger partial charge in [-0.05, 0) is 49.7 Å². The Hall–Kier alpha value is -0.630. The van der Waals surface area contributed by atoms with Crippen molar-refractivity contribution in [3.05, 3.63) is 16.5 Å². The standard InChI is InChI=1S/C18H27ClN2O3S2/c1-13-5-9-20(10-6-13)18(22)14(2)15-7-11-21(12-8-15)26(23,24)17-4-3-16(19)25-17/h3-4,13-15H,5-12H2,1-2H3/t14-/m0/s1. The van der Waals surface area contributed by atoms with Crippen LogP contribution in [0.5, 0.6) is 0 Å². The van der Waals surface area contributed by atoms with E-state index in [2.05, 4.69) is 6.92 Å². The minimum absolute atomic E-state index is 0.0376. The van der Waals surface area contributed by atoms with E-state index in [0.29, 0.717) is 27.6 Å². The number of nitrogens with zero attached hydrogens (tertiary/aromatic N) is 2. The number of likely N-dealkylation sites (tertiary alicyclic amines) is 1. The van der Waals surface area contributed by atoms with Gasteiger partial charge in [-0.15, -0.1) is 11.3 Å². The van der Waals surface area contributed by atoms with Gasteiger partial charge in [0.1, 0.15) is 4.21 Å². The lowest BCUT2D eigenvalue weighted by Crippen LogP contribution is -2.45. The third kappa shape index (κ3) is 4.26. The summed E-state index contributed by atoms with van der Waals surface area (Å²) < 4.78 is 27.7. The molecule has 1 aromatic heterocycles. The van der Waals surface area contributed by atoms with Gasteiger partial charge in [0.15, 0.2) is 0 Å². The van der Waals surface area contributed by atoms with Gasteiger partial charge in [-0.2, -0.15) is 4.31 Å². The predicted molar refractivity (Wildman–Crippen MR) is 105 cm³/mol. The predicted octanol–water partition coefficient (Wildman–Crippen LogP) is 3.70. The first-order valence-corrected chi connectivity index (χ1v) is 12.0. The summed E-state index contributed by atoms with van der Waals surface area (Å²) >= 11 is 6.98. The van der Waals surface area contributed by atoms with Gasteiger partial charge in [-0.3, -0.25) is 4.79 Å². The molecule has 2 aliphatic rings. The highest BCUT2D eigenvalue weighted by atomic mass is 35.5. The molecule has 1 atom stereocenters. The molecule has 26 heavy (non-hydrogen) atoms. The van der Waals surface area contributed by atoms with Gasteiger partial charge in [-0.25, -0.2) is 8.42 Å². The number of carbonyl (C=O) groups is 1. The van der Waals surface area contributed by atoms with Crippen LogP contribution in [0, 0.1) is 17.8 Å². The van der Waals surface area contributed by atoms with Gasteiger partial charge in [-0.1, -0.05) is 25.4 Å². The van der Waals surface area contributed by atoms with E-state index in [-0.39, 0.29) is 17.7 Å². The van der Waals surface area contributed by atoms with Crippen LogP contribution in [0.4, 0.5) is 0 Å². The molecule has 0 bridgehead atoms. The molecule has 0 unspecified atom stereocenters. The summed E-state index contributed by atoms with van der Waals surface area (Å²) in [7, 11) is -3.47. The van der Waals surface area contributed by atoms with E-state index in [9.17, 15) is 13.2 Å². The van der Waals surface area contributed by atoms with Gasteiger partial charge in [0.05, 0.1) is 4.34 Å². The van der Waals surface area contributed by atoms with Crippen LogP contribution in [-0.4, -0.2) is 49.7 Å². The van der Waals surface area contributed by atoms with Crippen molar-refractivity contribution in [1.82, 2.24) is 9.21 Å². The Morgan fingerprint density at radius 1 is 1.15 bits per heavy atom. The number of halogens is 1. The van der Waals surface area contributed by atoms with Gasteiger partial charge >= 0.3 is 0 Å². The summed E-state index contributed by atoms with van der Waals surface area (Å²) in [6.45, 7) is 6.90. The molecular formula is C18H27ClN2O3S2. The topological polar surface area (TPSA) is 57.7 Å². The van der Waals surface area contributed by atoms with Gasteiger partial charge in [0.25, 0.3) is 10.0 Å². The number of piperidine rings is 2. The number of rotatable bonds is 4. The van der Waals surface area contributed by atoms with Gasteiger partial charge in [0.2, 0.25) is 5.91 Å². The average molecular weight is 419 g/mol. The molecule has 0 N–H and O–H groups in total. The van der Waals surface area contributed by atoms with Crippen molar-refractivity contribution in [2.45, 2.75) is 43.7 Å². The minimum atomic E-state index is -3.47. The van der Waals surface area contributed by atoms with Crippen molar-refractivity contribution < 1.29 is 13.2 Å². The lowest BCUT2D eigenvalue weighted by atomic mass is 9.84. The highest BCUT2D eigenvalue weighted by Gasteiger charge is 2.35. The summed E-state index contributed by atoms with van der Waals surface area (Å²) in [6.07, 6.45) is 3.63. The third-order valence-corrected chi connectivity index (χ3v) is 9.43. The van der Waals surface area contributed by atoms with Gasteiger partial charge in [0, 0.05) is 32.1 Å². The fourth-order valence-corrected chi connectivity index (χ4v) is 7.01. The van der Waals surface area contributed by atoms with Crippen LogP contribution in [0.2, 0.25) is 4.34 Å². The van der Waals surface area contributed by atoms with E-state index in [1.807, 2.05) is 11.8 Å². The van der Waals surface area contributed by atoms with Crippen LogP contribution in [0.15, 0.2) is 16.3 Å². The fraction of sp³-hybridized carbons (Fsp3) is 0.722. The molecular weight excluding hydrogens is 392 g/mol. The molecule has 1 aromatic rings. The smallest absolute Gasteiger partial charge is 0.252 e. The molecule has 1 amide bonds. The van der Waals surface area contributed by atoms with E-state index in [1.165, 1.54) is 4.31 Å². The number of hydrogen-bond acceptors (Lipinski definition) is 4. The van der Waals surface area contributed by atoms with E-state index >= 15 is 0 Å². The zero-order chi connectivity index (χ0) is 18.9. The highest BCUT2D eigenvalue weighted by molar-refractivity contribution is 7.91. The second-order valence-electron chi connectivity index (χ2n) is 7.60. The maximum Gasteiger partial charge on any atom is 0.252 e. The third-order valence-electron chi connectivity index (χ3n) is 5.83. The van der Waals surface area contributed by atoms with Crippen LogP contribution in [0.3, 0.4) is 0 Å². The number of amides is 1. The average Bonchev–Trinajstić information content (AvgIpc) is 3.08. The molecule has 5 nitrogen and oxygen atoms in total.